The first-order valence-electron chi connectivity index (χ1n) is 4.18. The Morgan fingerprint density at radius 1 is 1.33 bits per heavy atom. The first-order chi connectivity index (χ1) is 5.77. The maximum atomic E-state index is 9.00. The first kappa shape index (κ1) is 8.84. The largest absolute Gasteiger partial charge is 0.506 e. The van der Waals surface area contributed by atoms with Crippen molar-refractivity contribution in [2.24, 2.45) is 0 Å². The zero-order valence-corrected chi connectivity index (χ0v) is 7.49. The molecule has 0 aliphatic rings. The molecule has 3 nitrogen and oxygen atoms in total. The summed E-state index contributed by atoms with van der Waals surface area (Å²) in [4.78, 5) is 6.22. The number of aromatic hydroxyl groups is 1. The molecule has 0 fully saturated rings. The topological polar surface area (TPSA) is 36.4 Å². The monoisotopic (exact) mass is 166 g/mol. The van der Waals surface area contributed by atoms with Crippen LogP contribution < -0.4 is 4.90 Å². The molecule has 0 radical (unpaired) electrons. The summed E-state index contributed by atoms with van der Waals surface area (Å²) in [6.45, 7) is 6.04. The van der Waals surface area contributed by atoms with Gasteiger partial charge in [-0.15, -0.1) is 0 Å². The Balaban J connectivity index is 2.80. The SMILES string of the molecule is CCN(CC)c1ccc(O)cn1. The number of nitrogens with zero attached hydrogens (tertiary/aromatic N) is 2. The van der Waals surface area contributed by atoms with Crippen LogP contribution in [0.5, 0.6) is 5.75 Å². The fourth-order valence-electron chi connectivity index (χ4n) is 1.11. The van der Waals surface area contributed by atoms with Crippen molar-refractivity contribution >= 4 is 5.82 Å². The molecule has 3 heteroatoms. The highest BCUT2D eigenvalue weighted by Crippen LogP contribution is 2.13. The van der Waals surface area contributed by atoms with E-state index in [1.807, 2.05) is 6.07 Å². The Labute approximate surface area is 72.7 Å². The minimum Gasteiger partial charge on any atom is -0.506 e. The molecule has 12 heavy (non-hydrogen) atoms. The van der Waals surface area contributed by atoms with Gasteiger partial charge in [0.1, 0.15) is 11.6 Å². The van der Waals surface area contributed by atoms with Crippen molar-refractivity contribution in [3.05, 3.63) is 18.3 Å². The molecule has 0 unspecified atom stereocenters. The fraction of sp³-hybridized carbons (Fsp3) is 0.444. The molecule has 1 rings (SSSR count). The number of hydrogen-bond donors (Lipinski definition) is 1. The van der Waals surface area contributed by atoms with Crippen LogP contribution >= 0.6 is 0 Å². The smallest absolute Gasteiger partial charge is 0.134 e. The molecule has 0 spiro atoms. The molecule has 1 N–H and O–H groups in total. The van der Waals surface area contributed by atoms with E-state index >= 15 is 0 Å². The van der Waals surface area contributed by atoms with Crippen LogP contribution in [0.4, 0.5) is 5.82 Å². The molecule has 0 bridgehead atoms. The van der Waals surface area contributed by atoms with E-state index in [1.165, 1.54) is 6.20 Å². The fourth-order valence-corrected chi connectivity index (χ4v) is 1.11. The van der Waals surface area contributed by atoms with E-state index in [-0.39, 0.29) is 5.75 Å². The van der Waals surface area contributed by atoms with Crippen molar-refractivity contribution < 1.29 is 5.11 Å². The third kappa shape index (κ3) is 1.87. The number of anilines is 1. The van der Waals surface area contributed by atoms with Gasteiger partial charge in [0.05, 0.1) is 6.20 Å². The van der Waals surface area contributed by atoms with E-state index in [9.17, 15) is 0 Å². The van der Waals surface area contributed by atoms with Crippen LogP contribution in [0.2, 0.25) is 0 Å². The van der Waals surface area contributed by atoms with Crippen LogP contribution in [0.25, 0.3) is 0 Å². The van der Waals surface area contributed by atoms with Crippen molar-refractivity contribution in [1.29, 1.82) is 0 Å². The van der Waals surface area contributed by atoms with E-state index in [2.05, 4.69) is 23.7 Å². The van der Waals surface area contributed by atoms with E-state index in [4.69, 9.17) is 5.11 Å². The van der Waals surface area contributed by atoms with Gasteiger partial charge in [0, 0.05) is 13.1 Å². The lowest BCUT2D eigenvalue weighted by Crippen LogP contribution is -2.22. The third-order valence-corrected chi connectivity index (χ3v) is 1.82. The van der Waals surface area contributed by atoms with Crippen LogP contribution in [-0.2, 0) is 0 Å². The van der Waals surface area contributed by atoms with Crippen molar-refractivity contribution in [3.8, 4) is 5.75 Å². The molecule has 0 aliphatic heterocycles. The van der Waals surface area contributed by atoms with Gasteiger partial charge in [-0.1, -0.05) is 0 Å². The van der Waals surface area contributed by atoms with Crippen LogP contribution in [0.15, 0.2) is 18.3 Å². The Morgan fingerprint density at radius 3 is 2.42 bits per heavy atom. The Kier molecular flexibility index (Phi) is 2.91. The van der Waals surface area contributed by atoms with E-state index in [0.717, 1.165) is 18.9 Å². The van der Waals surface area contributed by atoms with Crippen molar-refractivity contribution in [1.82, 2.24) is 4.98 Å². The molecule has 1 heterocycles. The molecule has 1 aromatic heterocycles. The lowest BCUT2D eigenvalue weighted by molar-refractivity contribution is 0.472. The summed E-state index contributed by atoms with van der Waals surface area (Å²) in [7, 11) is 0. The molecule has 0 saturated heterocycles. The van der Waals surface area contributed by atoms with Crippen LogP contribution in [-0.4, -0.2) is 23.2 Å². The highest BCUT2D eigenvalue weighted by Gasteiger charge is 2.01. The summed E-state index contributed by atoms with van der Waals surface area (Å²) in [5.41, 5.74) is 0. The van der Waals surface area contributed by atoms with Gasteiger partial charge in [0.15, 0.2) is 0 Å². The molecule has 0 aromatic carbocycles. The predicted molar refractivity (Wildman–Crippen MR) is 49.5 cm³/mol. The summed E-state index contributed by atoms with van der Waals surface area (Å²) in [6.07, 6.45) is 1.47. The number of aromatic nitrogens is 1. The second-order valence-electron chi connectivity index (χ2n) is 2.55. The van der Waals surface area contributed by atoms with Gasteiger partial charge in [0.2, 0.25) is 0 Å². The van der Waals surface area contributed by atoms with Crippen molar-refractivity contribution in [2.75, 3.05) is 18.0 Å². The zero-order chi connectivity index (χ0) is 8.97. The average molecular weight is 166 g/mol. The summed E-state index contributed by atoms with van der Waals surface area (Å²) < 4.78 is 0. The van der Waals surface area contributed by atoms with Crippen molar-refractivity contribution in [3.63, 3.8) is 0 Å². The summed E-state index contributed by atoms with van der Waals surface area (Å²) in [6, 6.07) is 3.48. The van der Waals surface area contributed by atoms with Gasteiger partial charge in [-0.25, -0.2) is 4.98 Å². The molecular formula is C9H14N2O. The van der Waals surface area contributed by atoms with E-state index < -0.39 is 0 Å². The van der Waals surface area contributed by atoms with E-state index in [1.54, 1.807) is 6.07 Å². The third-order valence-electron chi connectivity index (χ3n) is 1.82. The number of hydrogen-bond acceptors (Lipinski definition) is 3. The van der Waals surface area contributed by atoms with Crippen molar-refractivity contribution in [2.45, 2.75) is 13.8 Å². The second-order valence-corrected chi connectivity index (χ2v) is 2.55. The van der Waals surface area contributed by atoms with Crippen LogP contribution in [0.3, 0.4) is 0 Å². The van der Waals surface area contributed by atoms with E-state index in [0.29, 0.717) is 0 Å². The summed E-state index contributed by atoms with van der Waals surface area (Å²) in [5, 5.41) is 9.00. The average Bonchev–Trinajstić information content (AvgIpc) is 2.10. The minimum absolute atomic E-state index is 0.214. The minimum atomic E-state index is 0.214. The Morgan fingerprint density at radius 2 is 2.00 bits per heavy atom. The molecule has 0 saturated carbocycles. The Hall–Kier alpha value is -1.25. The second kappa shape index (κ2) is 3.95. The lowest BCUT2D eigenvalue weighted by Gasteiger charge is -2.19. The highest BCUT2D eigenvalue weighted by molar-refractivity contribution is 5.39. The van der Waals surface area contributed by atoms with Gasteiger partial charge >= 0.3 is 0 Å². The lowest BCUT2D eigenvalue weighted by atomic mass is 10.4. The zero-order valence-electron chi connectivity index (χ0n) is 7.49. The van der Waals surface area contributed by atoms with Gasteiger partial charge in [-0.05, 0) is 26.0 Å². The van der Waals surface area contributed by atoms with Crippen LogP contribution in [0, 0.1) is 0 Å². The maximum Gasteiger partial charge on any atom is 0.134 e. The molecule has 0 amide bonds. The Bertz CT molecular complexity index is 229. The number of rotatable bonds is 3. The predicted octanol–water partition coefficient (Wildman–Crippen LogP) is 1.63. The quantitative estimate of drug-likeness (QED) is 0.741. The normalized spacial score (nSPS) is 9.83. The molecule has 1 aromatic rings. The van der Waals surface area contributed by atoms with Gasteiger partial charge in [0.25, 0.3) is 0 Å². The highest BCUT2D eigenvalue weighted by atomic mass is 16.3. The molecule has 0 aliphatic carbocycles. The maximum absolute atomic E-state index is 9.00. The number of pyridine rings is 1. The van der Waals surface area contributed by atoms with Gasteiger partial charge in [-0.3, -0.25) is 0 Å². The van der Waals surface area contributed by atoms with Gasteiger partial charge in [-0.2, -0.15) is 0 Å². The summed E-state index contributed by atoms with van der Waals surface area (Å²) >= 11 is 0. The molecular weight excluding hydrogens is 152 g/mol. The van der Waals surface area contributed by atoms with Crippen LogP contribution in [0.1, 0.15) is 13.8 Å². The summed E-state index contributed by atoms with van der Waals surface area (Å²) in [5.74, 6) is 1.13. The first-order valence-corrected chi connectivity index (χ1v) is 4.18. The van der Waals surface area contributed by atoms with Gasteiger partial charge < -0.3 is 10.0 Å². The standard InChI is InChI=1S/C9H14N2O/c1-3-11(4-2)9-6-5-8(12)7-10-9/h5-7,12H,3-4H2,1-2H3. The molecule has 66 valence electrons. The molecule has 0 atom stereocenters.